The predicted molar refractivity (Wildman–Crippen MR) is 113 cm³/mol. The van der Waals surface area contributed by atoms with E-state index in [9.17, 15) is 0 Å². The van der Waals surface area contributed by atoms with Crippen molar-refractivity contribution in [1.29, 1.82) is 0 Å². The summed E-state index contributed by atoms with van der Waals surface area (Å²) in [6.45, 7) is 4.28. The lowest BCUT2D eigenvalue weighted by atomic mass is 10.2. The van der Waals surface area contributed by atoms with Gasteiger partial charge in [-0.3, -0.25) is 0 Å². The molecule has 0 aliphatic heterocycles. The Bertz CT molecular complexity index is 1100. The van der Waals surface area contributed by atoms with Gasteiger partial charge in [0.05, 0.1) is 16.1 Å². The van der Waals surface area contributed by atoms with Gasteiger partial charge in [0.25, 0.3) is 0 Å². The molecular weight excluding hydrogens is 379 g/mol. The maximum absolute atomic E-state index is 6.50. The van der Waals surface area contributed by atoms with E-state index in [0.717, 1.165) is 28.1 Å². The summed E-state index contributed by atoms with van der Waals surface area (Å²) in [6, 6.07) is 17.7. The minimum absolute atomic E-state index is 0.262. The monoisotopic (exact) mass is 396 g/mol. The zero-order valence-electron chi connectivity index (χ0n) is 14.9. The second-order valence-corrected chi connectivity index (χ2v) is 7.42. The van der Waals surface area contributed by atoms with Crippen molar-refractivity contribution in [1.82, 2.24) is 14.5 Å². The lowest BCUT2D eigenvalue weighted by molar-refractivity contribution is 0.624. The van der Waals surface area contributed by atoms with Gasteiger partial charge < -0.3 is 9.88 Å². The third-order valence-corrected chi connectivity index (χ3v) is 4.86. The molecule has 4 aromatic rings. The van der Waals surface area contributed by atoms with Crippen molar-refractivity contribution in [3.05, 3.63) is 70.8 Å². The van der Waals surface area contributed by atoms with Crippen LogP contribution in [0.15, 0.2) is 60.8 Å². The van der Waals surface area contributed by atoms with Crippen LogP contribution in [-0.2, 0) is 0 Å². The molecule has 4 nitrogen and oxygen atoms in total. The Kier molecular flexibility index (Phi) is 4.77. The molecule has 6 heteroatoms. The van der Waals surface area contributed by atoms with Gasteiger partial charge >= 0.3 is 0 Å². The number of anilines is 2. The fourth-order valence-corrected chi connectivity index (χ4v) is 3.43. The van der Waals surface area contributed by atoms with E-state index < -0.39 is 0 Å². The van der Waals surface area contributed by atoms with Gasteiger partial charge in [-0.2, -0.15) is 0 Å². The van der Waals surface area contributed by atoms with Gasteiger partial charge in [-0.05, 0) is 56.3 Å². The van der Waals surface area contributed by atoms with Crippen LogP contribution in [0.4, 0.5) is 11.5 Å². The third kappa shape index (κ3) is 3.51. The second kappa shape index (κ2) is 7.22. The number of hydrogen-bond acceptors (Lipinski definition) is 3. The zero-order chi connectivity index (χ0) is 19.0. The van der Waals surface area contributed by atoms with Gasteiger partial charge in [-0.15, -0.1) is 0 Å². The number of halogens is 2. The number of nitrogens with zero attached hydrogens (tertiary/aromatic N) is 3. The third-order valence-electron chi connectivity index (χ3n) is 4.32. The lowest BCUT2D eigenvalue weighted by Gasteiger charge is -2.14. The van der Waals surface area contributed by atoms with Crippen LogP contribution in [0.1, 0.15) is 19.9 Å². The Hall–Kier alpha value is -2.56. The topological polar surface area (TPSA) is 42.7 Å². The first-order valence-electron chi connectivity index (χ1n) is 8.68. The summed E-state index contributed by atoms with van der Waals surface area (Å²) in [5, 5.41) is 4.43. The summed E-state index contributed by atoms with van der Waals surface area (Å²) >= 11 is 12.4. The largest absolute Gasteiger partial charge is 0.339 e. The number of para-hydroxylation sites is 2. The van der Waals surface area contributed by atoms with E-state index in [-0.39, 0.29) is 6.04 Å². The first-order valence-corrected chi connectivity index (χ1v) is 9.44. The summed E-state index contributed by atoms with van der Waals surface area (Å²) < 4.78 is 2.20. The van der Waals surface area contributed by atoms with Crippen molar-refractivity contribution >= 4 is 45.7 Å². The van der Waals surface area contributed by atoms with Crippen LogP contribution in [0.3, 0.4) is 0 Å². The smallest absolute Gasteiger partial charge is 0.149 e. The molecule has 0 unspecified atom stereocenters. The van der Waals surface area contributed by atoms with E-state index in [2.05, 4.69) is 34.8 Å². The Morgan fingerprint density at radius 3 is 2.44 bits per heavy atom. The fraction of sp³-hybridized carbons (Fsp3) is 0.143. The average Bonchev–Trinajstić information content (AvgIpc) is 3.05. The molecule has 136 valence electrons. The zero-order valence-corrected chi connectivity index (χ0v) is 16.5. The number of imidazole rings is 1. The highest BCUT2D eigenvalue weighted by atomic mass is 35.5. The summed E-state index contributed by atoms with van der Waals surface area (Å²) in [7, 11) is 0. The number of hydrogen-bond donors (Lipinski definition) is 1. The first kappa shape index (κ1) is 17.8. The van der Waals surface area contributed by atoms with Crippen LogP contribution in [0.25, 0.3) is 22.4 Å². The molecule has 0 atom stereocenters. The van der Waals surface area contributed by atoms with E-state index in [1.54, 1.807) is 6.20 Å². The summed E-state index contributed by atoms with van der Waals surface area (Å²) in [4.78, 5) is 9.31. The van der Waals surface area contributed by atoms with Crippen molar-refractivity contribution in [3.8, 4) is 11.4 Å². The van der Waals surface area contributed by atoms with Crippen molar-refractivity contribution in [2.45, 2.75) is 19.9 Å². The van der Waals surface area contributed by atoms with E-state index in [1.807, 2.05) is 48.5 Å². The van der Waals surface area contributed by atoms with Crippen molar-refractivity contribution < 1.29 is 0 Å². The summed E-state index contributed by atoms with van der Waals surface area (Å²) in [5.41, 5.74) is 3.81. The molecule has 0 bridgehead atoms. The molecule has 27 heavy (non-hydrogen) atoms. The van der Waals surface area contributed by atoms with Crippen LogP contribution in [0.2, 0.25) is 10.0 Å². The number of nitrogens with one attached hydrogen (secondary N) is 1. The maximum atomic E-state index is 6.50. The van der Waals surface area contributed by atoms with E-state index in [1.165, 1.54) is 0 Å². The van der Waals surface area contributed by atoms with Gasteiger partial charge in [0, 0.05) is 28.5 Å². The standard InChI is InChI=1S/C21H18Cl2N4/c1-13(2)27-19-6-4-3-5-18(19)26-21(27)14-11-17(23)20(24-12-14)25-16-9-7-15(22)8-10-16/h3-13H,1-2H3,(H,24,25). The van der Waals surface area contributed by atoms with Gasteiger partial charge in [-0.1, -0.05) is 35.3 Å². The molecule has 2 heterocycles. The Labute approximate surface area is 167 Å². The van der Waals surface area contributed by atoms with Crippen LogP contribution < -0.4 is 5.32 Å². The van der Waals surface area contributed by atoms with E-state index in [0.29, 0.717) is 15.9 Å². The minimum atomic E-state index is 0.262. The molecule has 0 spiro atoms. The Balaban J connectivity index is 1.73. The number of fused-ring (bicyclic) bond motifs is 1. The summed E-state index contributed by atoms with van der Waals surface area (Å²) in [6.07, 6.45) is 1.80. The second-order valence-electron chi connectivity index (χ2n) is 6.57. The number of benzene rings is 2. The molecule has 0 saturated carbocycles. The van der Waals surface area contributed by atoms with Gasteiger partial charge in [0.15, 0.2) is 0 Å². The van der Waals surface area contributed by atoms with Crippen molar-refractivity contribution in [3.63, 3.8) is 0 Å². The highest BCUT2D eigenvalue weighted by molar-refractivity contribution is 6.33. The molecule has 0 fully saturated rings. The van der Waals surface area contributed by atoms with Crippen LogP contribution in [0, 0.1) is 0 Å². The predicted octanol–water partition coefficient (Wildman–Crippen LogP) is 6.73. The van der Waals surface area contributed by atoms with Crippen LogP contribution >= 0.6 is 23.2 Å². The first-order chi connectivity index (χ1) is 13.0. The lowest BCUT2D eigenvalue weighted by Crippen LogP contribution is -2.03. The van der Waals surface area contributed by atoms with E-state index >= 15 is 0 Å². The van der Waals surface area contributed by atoms with Crippen LogP contribution in [0.5, 0.6) is 0 Å². The van der Waals surface area contributed by atoms with Crippen LogP contribution in [-0.4, -0.2) is 14.5 Å². The number of rotatable bonds is 4. The Morgan fingerprint density at radius 2 is 1.74 bits per heavy atom. The molecule has 0 radical (unpaired) electrons. The number of aromatic nitrogens is 3. The average molecular weight is 397 g/mol. The molecule has 4 rings (SSSR count). The van der Waals surface area contributed by atoms with Gasteiger partial charge in [0.1, 0.15) is 11.6 Å². The number of pyridine rings is 1. The van der Waals surface area contributed by atoms with E-state index in [4.69, 9.17) is 28.2 Å². The SMILES string of the molecule is CC(C)n1c(-c2cnc(Nc3ccc(Cl)cc3)c(Cl)c2)nc2ccccc21. The molecule has 0 amide bonds. The normalized spacial score (nSPS) is 11.3. The molecule has 1 N–H and O–H groups in total. The molecular formula is C21H18Cl2N4. The van der Waals surface area contributed by atoms with Gasteiger partial charge in [-0.25, -0.2) is 9.97 Å². The Morgan fingerprint density at radius 1 is 1.00 bits per heavy atom. The molecule has 2 aromatic heterocycles. The minimum Gasteiger partial charge on any atom is -0.339 e. The maximum Gasteiger partial charge on any atom is 0.149 e. The quantitative estimate of drug-likeness (QED) is 0.415. The highest BCUT2D eigenvalue weighted by Gasteiger charge is 2.16. The summed E-state index contributed by atoms with van der Waals surface area (Å²) in [5.74, 6) is 1.45. The molecule has 0 saturated heterocycles. The fourth-order valence-electron chi connectivity index (χ4n) is 3.09. The van der Waals surface area contributed by atoms with Crippen molar-refractivity contribution in [2.24, 2.45) is 0 Å². The molecule has 0 aliphatic carbocycles. The van der Waals surface area contributed by atoms with Gasteiger partial charge in [0.2, 0.25) is 0 Å². The molecule has 2 aromatic carbocycles. The highest BCUT2D eigenvalue weighted by Crippen LogP contribution is 2.32. The van der Waals surface area contributed by atoms with Crippen molar-refractivity contribution in [2.75, 3.05) is 5.32 Å². The molecule has 0 aliphatic rings.